The van der Waals surface area contributed by atoms with Gasteiger partial charge in [0.05, 0.1) is 17.3 Å². The number of pyridine rings is 1. The molecule has 190 valence electrons. The van der Waals surface area contributed by atoms with Crippen LogP contribution in [0.2, 0.25) is 0 Å². The molecule has 7 nitrogen and oxygen atoms in total. The summed E-state index contributed by atoms with van der Waals surface area (Å²) < 4.78 is 53.1. The molecule has 0 saturated heterocycles. The SMILES string of the molecule is CC(C)CC(C)(COc1ccc(-c2ccnc3[nH]ncc23)cc1C(F)(F)F)NC(=O)OC(C)(C)C. The number of carbonyl (C=O) groups is 1. The van der Waals surface area contributed by atoms with E-state index in [1.807, 2.05) is 13.8 Å². The number of amides is 1. The number of carbonyl (C=O) groups excluding carboxylic acids is 1. The summed E-state index contributed by atoms with van der Waals surface area (Å²) in [7, 11) is 0. The van der Waals surface area contributed by atoms with Gasteiger partial charge in [-0.1, -0.05) is 19.9 Å². The lowest BCUT2D eigenvalue weighted by Gasteiger charge is -2.33. The van der Waals surface area contributed by atoms with Crippen molar-refractivity contribution in [3.8, 4) is 16.9 Å². The number of H-pyrrole nitrogens is 1. The highest BCUT2D eigenvalue weighted by Crippen LogP contribution is 2.40. The van der Waals surface area contributed by atoms with Crippen LogP contribution in [-0.4, -0.2) is 39.0 Å². The second-order valence-electron chi connectivity index (χ2n) is 10.3. The Balaban J connectivity index is 1.90. The third kappa shape index (κ3) is 6.86. The van der Waals surface area contributed by atoms with Gasteiger partial charge in [0.2, 0.25) is 0 Å². The first-order valence-electron chi connectivity index (χ1n) is 11.3. The molecule has 2 aromatic heterocycles. The fourth-order valence-corrected chi connectivity index (χ4v) is 3.98. The molecule has 35 heavy (non-hydrogen) atoms. The van der Waals surface area contributed by atoms with Gasteiger partial charge in [-0.25, -0.2) is 9.78 Å². The Hall–Kier alpha value is -3.30. The molecule has 0 fully saturated rings. The smallest absolute Gasteiger partial charge is 0.419 e. The molecule has 0 bridgehead atoms. The van der Waals surface area contributed by atoms with Gasteiger partial charge < -0.3 is 14.8 Å². The van der Waals surface area contributed by atoms with Crippen molar-refractivity contribution in [2.24, 2.45) is 5.92 Å². The van der Waals surface area contributed by atoms with Crippen molar-refractivity contribution >= 4 is 17.1 Å². The van der Waals surface area contributed by atoms with Crippen LogP contribution in [0.25, 0.3) is 22.2 Å². The molecule has 0 radical (unpaired) electrons. The van der Waals surface area contributed by atoms with Crippen LogP contribution < -0.4 is 10.1 Å². The van der Waals surface area contributed by atoms with Gasteiger partial charge in [-0.3, -0.25) is 5.10 Å². The van der Waals surface area contributed by atoms with Gasteiger partial charge in [-0.15, -0.1) is 0 Å². The lowest BCUT2D eigenvalue weighted by molar-refractivity contribution is -0.139. The van der Waals surface area contributed by atoms with Crippen molar-refractivity contribution in [3.05, 3.63) is 42.2 Å². The molecule has 1 atom stereocenters. The predicted octanol–water partition coefficient (Wildman–Crippen LogP) is 6.35. The van der Waals surface area contributed by atoms with Crippen LogP contribution in [0.3, 0.4) is 0 Å². The zero-order valence-electron chi connectivity index (χ0n) is 20.7. The minimum absolute atomic E-state index is 0.145. The second-order valence-corrected chi connectivity index (χ2v) is 10.3. The number of aromatic nitrogens is 3. The molecule has 0 aliphatic rings. The summed E-state index contributed by atoms with van der Waals surface area (Å²) in [5, 5.41) is 10.0. The van der Waals surface area contributed by atoms with Crippen molar-refractivity contribution in [2.45, 2.75) is 65.3 Å². The summed E-state index contributed by atoms with van der Waals surface area (Å²) in [5.41, 5.74) is -1.17. The number of benzene rings is 1. The van der Waals surface area contributed by atoms with Gasteiger partial charge in [0.15, 0.2) is 5.65 Å². The number of fused-ring (bicyclic) bond motifs is 1. The van der Waals surface area contributed by atoms with Crippen molar-refractivity contribution in [2.75, 3.05) is 6.61 Å². The van der Waals surface area contributed by atoms with Gasteiger partial charge >= 0.3 is 12.3 Å². The predicted molar refractivity (Wildman–Crippen MR) is 127 cm³/mol. The van der Waals surface area contributed by atoms with E-state index in [4.69, 9.17) is 9.47 Å². The minimum Gasteiger partial charge on any atom is -0.491 e. The highest BCUT2D eigenvalue weighted by atomic mass is 19.4. The quantitative estimate of drug-likeness (QED) is 0.401. The molecule has 1 unspecified atom stereocenters. The number of hydrogen-bond donors (Lipinski definition) is 2. The first kappa shape index (κ1) is 26.3. The molecule has 2 heterocycles. The molecular weight excluding hydrogens is 461 g/mol. The molecule has 2 N–H and O–H groups in total. The van der Waals surface area contributed by atoms with Gasteiger partial charge in [0, 0.05) is 11.6 Å². The van der Waals surface area contributed by atoms with Crippen LogP contribution >= 0.6 is 0 Å². The largest absolute Gasteiger partial charge is 0.491 e. The number of alkyl carbamates (subject to hydrolysis) is 1. The number of halogens is 3. The second kappa shape index (κ2) is 9.75. The van der Waals surface area contributed by atoms with Crippen molar-refractivity contribution in [1.29, 1.82) is 0 Å². The standard InChI is InChI=1S/C25H31F3N4O3/c1-15(2)12-24(6,31-22(33)35-23(3,4)5)14-34-20-8-7-16(11-19(20)25(26,27)28)17-9-10-29-21-18(17)13-30-32-21/h7-11,13,15H,12,14H2,1-6H3,(H,31,33)(H,29,30,32). The first-order chi connectivity index (χ1) is 16.2. The lowest BCUT2D eigenvalue weighted by atomic mass is 9.91. The van der Waals surface area contributed by atoms with Crippen LogP contribution in [-0.2, 0) is 10.9 Å². The van der Waals surface area contributed by atoms with Crippen LogP contribution in [0, 0.1) is 5.92 Å². The van der Waals surface area contributed by atoms with E-state index in [0.717, 1.165) is 6.07 Å². The molecular formula is C25H31F3N4O3. The van der Waals surface area contributed by atoms with Crippen LogP contribution in [0.5, 0.6) is 5.75 Å². The number of ether oxygens (including phenoxy) is 2. The normalized spacial score (nSPS) is 14.1. The maximum atomic E-state index is 14.0. The molecule has 0 spiro atoms. The molecule has 0 saturated carbocycles. The molecule has 3 aromatic rings. The van der Waals surface area contributed by atoms with Crippen molar-refractivity contribution < 1.29 is 27.4 Å². The number of nitrogens with zero attached hydrogens (tertiary/aromatic N) is 2. The summed E-state index contributed by atoms with van der Waals surface area (Å²) >= 11 is 0. The van der Waals surface area contributed by atoms with E-state index in [9.17, 15) is 18.0 Å². The van der Waals surface area contributed by atoms with Crippen molar-refractivity contribution in [3.63, 3.8) is 0 Å². The Morgan fingerprint density at radius 3 is 2.49 bits per heavy atom. The van der Waals surface area contributed by atoms with Gasteiger partial charge in [-0.05, 0) is 69.4 Å². The third-order valence-electron chi connectivity index (χ3n) is 5.16. The minimum atomic E-state index is -4.65. The van der Waals surface area contributed by atoms with Gasteiger partial charge in [0.1, 0.15) is 18.0 Å². The fourth-order valence-electron chi connectivity index (χ4n) is 3.98. The van der Waals surface area contributed by atoms with Crippen LogP contribution in [0.1, 0.15) is 53.5 Å². The summed E-state index contributed by atoms with van der Waals surface area (Å²) in [6.45, 7) is 10.7. The number of rotatable bonds is 7. The van der Waals surface area contributed by atoms with E-state index >= 15 is 0 Å². The van der Waals surface area contributed by atoms with E-state index in [-0.39, 0.29) is 18.3 Å². The average molecular weight is 493 g/mol. The Morgan fingerprint density at radius 2 is 1.86 bits per heavy atom. The summed E-state index contributed by atoms with van der Waals surface area (Å²) in [6, 6.07) is 5.55. The monoisotopic (exact) mass is 492 g/mol. The van der Waals surface area contributed by atoms with E-state index in [0.29, 0.717) is 28.6 Å². The summed E-state index contributed by atoms with van der Waals surface area (Å²) in [4.78, 5) is 16.5. The maximum absolute atomic E-state index is 14.0. The molecule has 0 aliphatic heterocycles. The van der Waals surface area contributed by atoms with Crippen LogP contribution in [0.4, 0.5) is 18.0 Å². The summed E-state index contributed by atoms with van der Waals surface area (Å²) in [5.74, 6) is -0.174. The molecule has 1 amide bonds. The summed E-state index contributed by atoms with van der Waals surface area (Å²) in [6.07, 6.45) is -1.80. The van der Waals surface area contributed by atoms with E-state index in [2.05, 4.69) is 20.5 Å². The molecule has 3 rings (SSSR count). The van der Waals surface area contributed by atoms with Gasteiger partial charge in [-0.2, -0.15) is 18.3 Å². The Morgan fingerprint density at radius 1 is 1.14 bits per heavy atom. The zero-order chi connectivity index (χ0) is 26.0. The molecule has 0 aliphatic carbocycles. The first-order valence-corrected chi connectivity index (χ1v) is 11.3. The molecule has 1 aromatic carbocycles. The highest BCUT2D eigenvalue weighted by Gasteiger charge is 2.37. The highest BCUT2D eigenvalue weighted by molar-refractivity contribution is 5.92. The van der Waals surface area contributed by atoms with E-state index < -0.39 is 29.0 Å². The number of hydrogen-bond acceptors (Lipinski definition) is 5. The third-order valence-corrected chi connectivity index (χ3v) is 5.16. The fraction of sp³-hybridized carbons (Fsp3) is 0.480. The number of alkyl halides is 3. The topological polar surface area (TPSA) is 89.1 Å². The lowest BCUT2D eigenvalue weighted by Crippen LogP contribution is -2.52. The zero-order valence-corrected chi connectivity index (χ0v) is 20.7. The Kier molecular flexibility index (Phi) is 7.33. The Labute approximate surface area is 202 Å². The van der Waals surface area contributed by atoms with Crippen LogP contribution in [0.15, 0.2) is 36.7 Å². The number of nitrogens with one attached hydrogen (secondary N) is 2. The van der Waals surface area contributed by atoms with E-state index in [1.165, 1.54) is 18.5 Å². The van der Waals surface area contributed by atoms with E-state index in [1.54, 1.807) is 39.8 Å². The Bertz CT molecular complexity index is 1180. The maximum Gasteiger partial charge on any atom is 0.419 e. The molecule has 10 heteroatoms. The van der Waals surface area contributed by atoms with Gasteiger partial charge in [0.25, 0.3) is 0 Å². The average Bonchev–Trinajstić information content (AvgIpc) is 3.18. The number of aromatic amines is 1. The van der Waals surface area contributed by atoms with Crippen molar-refractivity contribution in [1.82, 2.24) is 20.5 Å².